The molecule has 0 unspecified atom stereocenters. The van der Waals surface area contributed by atoms with Gasteiger partial charge in [0.2, 0.25) is 0 Å². The van der Waals surface area contributed by atoms with Crippen molar-refractivity contribution in [3.8, 4) is 5.69 Å². The number of pyridine rings is 1. The number of H-pyrrole nitrogens is 1. The molecule has 4 aromatic rings. The Hall–Kier alpha value is -4.34. The lowest BCUT2D eigenvalue weighted by molar-refractivity contribution is 0.191. The summed E-state index contributed by atoms with van der Waals surface area (Å²) in [7, 11) is 0. The lowest BCUT2D eigenvalue weighted by Gasteiger charge is -2.36. The van der Waals surface area contributed by atoms with Crippen molar-refractivity contribution in [3.05, 3.63) is 77.7 Å². The van der Waals surface area contributed by atoms with E-state index in [-0.39, 0.29) is 12.1 Å². The molecule has 10 heteroatoms. The number of anilines is 3. The number of benzene rings is 1. The van der Waals surface area contributed by atoms with Gasteiger partial charge in [0.25, 0.3) is 0 Å². The molecule has 1 aromatic carbocycles. The monoisotopic (exact) mass is 485 g/mol. The molecule has 0 aliphatic carbocycles. The van der Waals surface area contributed by atoms with Crippen molar-refractivity contribution in [3.63, 3.8) is 0 Å². The minimum Gasteiger partial charge on any atom is -0.353 e. The van der Waals surface area contributed by atoms with Crippen molar-refractivity contribution >= 4 is 23.5 Å². The van der Waals surface area contributed by atoms with Crippen molar-refractivity contribution in [2.24, 2.45) is 0 Å². The summed E-state index contributed by atoms with van der Waals surface area (Å²) < 4.78 is 1.81. The van der Waals surface area contributed by atoms with Crippen molar-refractivity contribution in [1.82, 2.24) is 35.2 Å². The zero-order valence-electron chi connectivity index (χ0n) is 20.8. The number of aromatic nitrogens is 5. The van der Waals surface area contributed by atoms with Gasteiger partial charge in [-0.15, -0.1) is 0 Å². The number of urea groups is 1. The number of carbonyl (C=O) groups is 1. The van der Waals surface area contributed by atoms with Crippen LogP contribution in [0.5, 0.6) is 0 Å². The van der Waals surface area contributed by atoms with Crippen LogP contribution in [0.2, 0.25) is 0 Å². The van der Waals surface area contributed by atoms with Crippen LogP contribution >= 0.6 is 0 Å². The van der Waals surface area contributed by atoms with Gasteiger partial charge in [-0.2, -0.15) is 10.2 Å². The highest BCUT2D eigenvalue weighted by Gasteiger charge is 2.23. The first-order valence-electron chi connectivity index (χ1n) is 12.1. The Morgan fingerprint density at radius 3 is 2.47 bits per heavy atom. The molecule has 0 radical (unpaired) electrons. The van der Waals surface area contributed by atoms with Crippen molar-refractivity contribution < 1.29 is 4.79 Å². The number of nitrogens with zero attached hydrogens (tertiary/aromatic N) is 6. The van der Waals surface area contributed by atoms with Gasteiger partial charge in [-0.3, -0.25) is 5.10 Å². The van der Waals surface area contributed by atoms with E-state index in [2.05, 4.69) is 43.8 Å². The fourth-order valence-corrected chi connectivity index (χ4v) is 4.32. The normalized spacial score (nSPS) is 14.5. The smallest absolute Gasteiger partial charge is 0.317 e. The van der Waals surface area contributed by atoms with Gasteiger partial charge in [-0.05, 0) is 62.2 Å². The Balaban J connectivity index is 1.16. The molecule has 0 saturated carbocycles. The molecule has 10 nitrogen and oxygen atoms in total. The number of aryl methyl sites for hydroxylation is 2. The number of nitrogens with one attached hydrogen (secondary N) is 3. The first-order chi connectivity index (χ1) is 17.4. The predicted octanol–water partition coefficient (Wildman–Crippen LogP) is 3.94. The van der Waals surface area contributed by atoms with Crippen LogP contribution in [0.25, 0.3) is 5.69 Å². The molecule has 1 aliphatic rings. The second kappa shape index (κ2) is 10.1. The Labute approximate surface area is 210 Å². The highest BCUT2D eigenvalue weighted by Crippen LogP contribution is 2.22. The standard InChI is InChI=1S/C26H31N9O/c1-18-15-23(29-24-17-19(2)31-32-24)30-25(16-18)33-11-13-34(14-12-33)26(36)28-20(3)21-5-7-22(8-6-21)35-10-4-9-27-35/h4-10,15-17,20H,11-14H2,1-3H3,(H,28,36)(H2,29,30,31,32)/t20-/m0/s1. The second-order valence-electron chi connectivity index (χ2n) is 9.14. The van der Waals surface area contributed by atoms with E-state index in [0.29, 0.717) is 13.1 Å². The van der Waals surface area contributed by atoms with Gasteiger partial charge < -0.3 is 20.4 Å². The van der Waals surface area contributed by atoms with Crippen molar-refractivity contribution in [2.75, 3.05) is 36.4 Å². The van der Waals surface area contributed by atoms with Gasteiger partial charge in [0, 0.05) is 50.3 Å². The first kappa shape index (κ1) is 23.4. The quantitative estimate of drug-likeness (QED) is 0.382. The molecule has 0 spiro atoms. The highest BCUT2D eigenvalue weighted by atomic mass is 16.2. The molecule has 1 saturated heterocycles. The molecule has 3 aromatic heterocycles. The number of hydrogen-bond acceptors (Lipinski definition) is 6. The van der Waals surface area contributed by atoms with Gasteiger partial charge >= 0.3 is 6.03 Å². The largest absolute Gasteiger partial charge is 0.353 e. The molecule has 2 amide bonds. The molecule has 186 valence electrons. The van der Waals surface area contributed by atoms with E-state index in [1.807, 2.05) is 72.1 Å². The Bertz CT molecular complexity index is 1310. The Morgan fingerprint density at radius 2 is 1.81 bits per heavy atom. The summed E-state index contributed by atoms with van der Waals surface area (Å²) in [5, 5.41) is 17.8. The molecule has 36 heavy (non-hydrogen) atoms. The third-order valence-electron chi connectivity index (χ3n) is 6.31. The summed E-state index contributed by atoms with van der Waals surface area (Å²) in [5.74, 6) is 2.39. The van der Waals surface area contributed by atoms with E-state index in [0.717, 1.165) is 53.1 Å². The average Bonchev–Trinajstić information content (AvgIpc) is 3.56. The molecule has 1 aliphatic heterocycles. The Kier molecular flexibility index (Phi) is 6.57. The number of rotatable bonds is 6. The number of aromatic amines is 1. The minimum atomic E-state index is -0.0973. The lowest BCUT2D eigenvalue weighted by Crippen LogP contribution is -2.52. The van der Waals surface area contributed by atoms with E-state index >= 15 is 0 Å². The third-order valence-corrected chi connectivity index (χ3v) is 6.31. The van der Waals surface area contributed by atoms with E-state index in [9.17, 15) is 4.79 Å². The molecule has 1 atom stereocenters. The SMILES string of the molecule is Cc1cc(Nc2cc(C)[nH]n2)nc(N2CCN(C(=O)N[C@@H](C)c3ccc(-n4cccn4)cc3)CC2)c1. The van der Waals surface area contributed by atoms with Crippen LogP contribution < -0.4 is 15.5 Å². The fraction of sp³-hybridized carbons (Fsp3) is 0.308. The van der Waals surface area contributed by atoms with Crippen molar-refractivity contribution in [2.45, 2.75) is 26.8 Å². The van der Waals surface area contributed by atoms with Gasteiger partial charge in [0.15, 0.2) is 5.82 Å². The predicted molar refractivity (Wildman–Crippen MR) is 140 cm³/mol. The van der Waals surface area contributed by atoms with Crippen LogP contribution in [0, 0.1) is 13.8 Å². The topological polar surface area (TPSA) is 107 Å². The molecule has 4 heterocycles. The molecule has 0 bridgehead atoms. The zero-order chi connectivity index (χ0) is 25.1. The van der Waals surface area contributed by atoms with Crippen LogP contribution in [0.15, 0.2) is 60.9 Å². The highest BCUT2D eigenvalue weighted by molar-refractivity contribution is 5.75. The van der Waals surface area contributed by atoms with Crippen LogP contribution in [0.1, 0.15) is 29.8 Å². The number of carbonyl (C=O) groups excluding carboxylic acids is 1. The van der Waals surface area contributed by atoms with Crippen LogP contribution in [0.4, 0.5) is 22.2 Å². The average molecular weight is 486 g/mol. The van der Waals surface area contributed by atoms with E-state index in [1.165, 1.54) is 0 Å². The molecule has 1 fully saturated rings. The summed E-state index contributed by atoms with van der Waals surface area (Å²) in [6.07, 6.45) is 3.66. The van der Waals surface area contributed by atoms with Crippen LogP contribution in [-0.4, -0.2) is 62.1 Å². The number of hydrogen-bond donors (Lipinski definition) is 3. The zero-order valence-corrected chi connectivity index (χ0v) is 20.8. The molecule has 3 N–H and O–H groups in total. The summed E-state index contributed by atoms with van der Waals surface area (Å²) in [5.41, 5.74) is 4.14. The van der Waals surface area contributed by atoms with Gasteiger partial charge in [-0.25, -0.2) is 14.5 Å². The van der Waals surface area contributed by atoms with Crippen LogP contribution in [-0.2, 0) is 0 Å². The van der Waals surface area contributed by atoms with E-state index in [1.54, 1.807) is 6.20 Å². The van der Waals surface area contributed by atoms with Crippen molar-refractivity contribution in [1.29, 1.82) is 0 Å². The summed E-state index contributed by atoms with van der Waals surface area (Å²) in [4.78, 5) is 21.8. The molecule has 5 rings (SSSR count). The van der Waals surface area contributed by atoms with E-state index in [4.69, 9.17) is 4.98 Å². The second-order valence-corrected chi connectivity index (χ2v) is 9.14. The molecular weight excluding hydrogens is 454 g/mol. The first-order valence-corrected chi connectivity index (χ1v) is 12.1. The maximum atomic E-state index is 12.9. The fourth-order valence-electron chi connectivity index (χ4n) is 4.32. The lowest BCUT2D eigenvalue weighted by atomic mass is 10.1. The summed E-state index contributed by atoms with van der Waals surface area (Å²) in [6.45, 7) is 8.72. The van der Waals surface area contributed by atoms with E-state index < -0.39 is 0 Å². The molecular formula is C26H31N9O. The third kappa shape index (κ3) is 5.32. The number of piperazine rings is 1. The van der Waals surface area contributed by atoms with Gasteiger partial charge in [0.05, 0.1) is 11.7 Å². The maximum absolute atomic E-state index is 12.9. The van der Waals surface area contributed by atoms with Gasteiger partial charge in [0.1, 0.15) is 11.6 Å². The summed E-state index contributed by atoms with van der Waals surface area (Å²) in [6, 6.07) is 15.8. The Morgan fingerprint density at radius 1 is 1.03 bits per heavy atom. The van der Waals surface area contributed by atoms with Gasteiger partial charge in [-0.1, -0.05) is 12.1 Å². The number of amides is 2. The summed E-state index contributed by atoms with van der Waals surface area (Å²) >= 11 is 0. The van der Waals surface area contributed by atoms with Crippen LogP contribution in [0.3, 0.4) is 0 Å². The maximum Gasteiger partial charge on any atom is 0.317 e. The minimum absolute atomic E-state index is 0.0493.